The highest BCUT2D eigenvalue weighted by Crippen LogP contribution is 2.27. The summed E-state index contributed by atoms with van der Waals surface area (Å²) in [7, 11) is 0. The fourth-order valence-electron chi connectivity index (χ4n) is 3.40. The van der Waals surface area contributed by atoms with Crippen molar-refractivity contribution in [3.63, 3.8) is 0 Å². The van der Waals surface area contributed by atoms with Gasteiger partial charge in [0.2, 0.25) is 0 Å². The van der Waals surface area contributed by atoms with Gasteiger partial charge < -0.3 is 10.1 Å². The van der Waals surface area contributed by atoms with Crippen LogP contribution in [0.1, 0.15) is 40.1 Å². The maximum atomic E-state index is 12.7. The number of esters is 1. The molecule has 0 radical (unpaired) electrons. The lowest BCUT2D eigenvalue weighted by atomic mass is 10.0. The fourth-order valence-corrected chi connectivity index (χ4v) is 3.40. The van der Waals surface area contributed by atoms with Gasteiger partial charge in [-0.25, -0.2) is 4.79 Å². The van der Waals surface area contributed by atoms with E-state index >= 15 is 0 Å². The summed E-state index contributed by atoms with van der Waals surface area (Å²) in [6.45, 7) is 3.37. The van der Waals surface area contributed by atoms with Gasteiger partial charge in [0.1, 0.15) is 6.04 Å². The highest BCUT2D eigenvalue weighted by atomic mass is 16.5. The average Bonchev–Trinajstić information content (AvgIpc) is 2.98. The molecule has 0 aromatic heterocycles. The van der Waals surface area contributed by atoms with E-state index in [0.29, 0.717) is 13.0 Å². The number of ether oxygens (including phenoxy) is 1. The number of carbonyl (C=O) groups is 4. The zero-order valence-corrected chi connectivity index (χ0v) is 17.0. The fraction of sp³-hybridized carbons (Fsp3) is 0.304. The van der Waals surface area contributed by atoms with Crippen LogP contribution in [0.4, 0.5) is 0 Å². The van der Waals surface area contributed by atoms with E-state index < -0.39 is 36.3 Å². The molecule has 7 nitrogen and oxygen atoms in total. The van der Waals surface area contributed by atoms with E-state index in [4.69, 9.17) is 4.74 Å². The Bertz CT molecular complexity index is 920. The highest BCUT2D eigenvalue weighted by Gasteiger charge is 2.44. The number of nitrogens with one attached hydrogen (secondary N) is 1. The molecule has 0 saturated heterocycles. The first-order valence-corrected chi connectivity index (χ1v) is 9.84. The van der Waals surface area contributed by atoms with Crippen molar-refractivity contribution in [1.29, 1.82) is 0 Å². The summed E-state index contributed by atoms with van der Waals surface area (Å²) in [5.41, 5.74) is 1.61. The van der Waals surface area contributed by atoms with E-state index in [0.717, 1.165) is 10.5 Å². The van der Waals surface area contributed by atoms with Crippen molar-refractivity contribution in [3.8, 4) is 0 Å². The van der Waals surface area contributed by atoms with Crippen molar-refractivity contribution in [2.45, 2.75) is 26.3 Å². The molecule has 7 heteroatoms. The molecule has 0 aliphatic carbocycles. The smallest absolute Gasteiger partial charge is 0.330 e. The first-order chi connectivity index (χ1) is 14.4. The second kappa shape index (κ2) is 9.35. The third-order valence-electron chi connectivity index (χ3n) is 4.90. The number of hydrogen-bond acceptors (Lipinski definition) is 5. The first kappa shape index (κ1) is 21.2. The summed E-state index contributed by atoms with van der Waals surface area (Å²) >= 11 is 0. The van der Waals surface area contributed by atoms with Crippen molar-refractivity contribution < 1.29 is 23.9 Å². The van der Waals surface area contributed by atoms with Crippen molar-refractivity contribution in [2.24, 2.45) is 5.92 Å². The van der Waals surface area contributed by atoms with Gasteiger partial charge >= 0.3 is 5.97 Å². The second-order valence-corrected chi connectivity index (χ2v) is 7.41. The van der Waals surface area contributed by atoms with Gasteiger partial charge in [0, 0.05) is 6.54 Å². The van der Waals surface area contributed by atoms with Gasteiger partial charge in [-0.2, -0.15) is 0 Å². The lowest BCUT2D eigenvalue weighted by molar-refractivity contribution is -0.153. The van der Waals surface area contributed by atoms with Crippen LogP contribution < -0.4 is 5.32 Å². The molecule has 0 fully saturated rings. The van der Waals surface area contributed by atoms with E-state index in [1.54, 1.807) is 38.1 Å². The Kier molecular flexibility index (Phi) is 6.61. The zero-order chi connectivity index (χ0) is 21.7. The number of rotatable bonds is 8. The van der Waals surface area contributed by atoms with E-state index in [-0.39, 0.29) is 17.0 Å². The third-order valence-corrected chi connectivity index (χ3v) is 4.90. The summed E-state index contributed by atoms with van der Waals surface area (Å²) in [4.78, 5) is 51.0. The van der Waals surface area contributed by atoms with Gasteiger partial charge in [-0.3, -0.25) is 19.3 Å². The van der Waals surface area contributed by atoms with Gasteiger partial charge in [0.25, 0.3) is 17.7 Å². The molecule has 1 aliphatic rings. The molecule has 1 heterocycles. The number of hydrogen-bond donors (Lipinski definition) is 1. The van der Waals surface area contributed by atoms with E-state index in [1.807, 2.05) is 30.3 Å². The number of imide groups is 1. The third kappa shape index (κ3) is 4.56. The molecular weight excluding hydrogens is 384 g/mol. The molecule has 1 aliphatic heterocycles. The summed E-state index contributed by atoms with van der Waals surface area (Å²) in [5, 5.41) is 2.69. The van der Waals surface area contributed by atoms with Crippen LogP contribution in [0.3, 0.4) is 0 Å². The predicted octanol–water partition coefficient (Wildman–Crippen LogP) is 2.21. The Balaban J connectivity index is 1.57. The van der Waals surface area contributed by atoms with Gasteiger partial charge in [-0.15, -0.1) is 0 Å². The first-order valence-electron chi connectivity index (χ1n) is 9.84. The molecule has 0 bridgehead atoms. The van der Waals surface area contributed by atoms with Crippen LogP contribution in [0.15, 0.2) is 54.6 Å². The zero-order valence-electron chi connectivity index (χ0n) is 17.0. The molecule has 156 valence electrons. The van der Waals surface area contributed by atoms with Gasteiger partial charge in [0.05, 0.1) is 11.1 Å². The minimum atomic E-state index is -1.10. The summed E-state index contributed by atoms with van der Waals surface area (Å²) in [6, 6.07) is 15.0. The molecule has 1 atom stereocenters. The molecule has 3 amide bonds. The maximum Gasteiger partial charge on any atom is 0.330 e. The van der Waals surface area contributed by atoms with Gasteiger partial charge in [-0.05, 0) is 30.0 Å². The Morgan fingerprint density at radius 2 is 1.50 bits per heavy atom. The minimum Gasteiger partial charge on any atom is -0.454 e. The number of fused-ring (bicyclic) bond motifs is 1. The number of nitrogens with zero attached hydrogens (tertiary/aromatic N) is 1. The molecule has 1 N–H and O–H groups in total. The molecule has 0 unspecified atom stereocenters. The van der Waals surface area contributed by atoms with Gasteiger partial charge in [0.15, 0.2) is 6.61 Å². The minimum absolute atomic E-state index is 0.264. The summed E-state index contributed by atoms with van der Waals surface area (Å²) < 4.78 is 5.14. The lowest BCUT2D eigenvalue weighted by Crippen LogP contribution is -2.49. The topological polar surface area (TPSA) is 92.8 Å². The molecule has 30 heavy (non-hydrogen) atoms. The number of carbonyl (C=O) groups excluding carboxylic acids is 4. The molecule has 0 saturated carbocycles. The molecule has 0 spiro atoms. The largest absolute Gasteiger partial charge is 0.454 e. The van der Waals surface area contributed by atoms with Crippen molar-refractivity contribution in [2.75, 3.05) is 13.2 Å². The normalized spacial score (nSPS) is 13.9. The SMILES string of the molecule is CC(C)[C@H](C(=O)OCC(=O)NCCc1ccccc1)N1C(=O)c2ccccc2C1=O. The van der Waals surface area contributed by atoms with E-state index in [1.165, 1.54) is 0 Å². The Labute approximate surface area is 175 Å². The molecular formula is C23H24N2O5. The average molecular weight is 408 g/mol. The maximum absolute atomic E-state index is 12.7. The lowest BCUT2D eigenvalue weighted by Gasteiger charge is -2.27. The van der Waals surface area contributed by atoms with Crippen molar-refractivity contribution >= 4 is 23.7 Å². The quantitative estimate of drug-likeness (QED) is 0.534. The van der Waals surface area contributed by atoms with Crippen LogP contribution in [0.25, 0.3) is 0 Å². The van der Waals surface area contributed by atoms with Crippen molar-refractivity contribution in [3.05, 3.63) is 71.3 Å². The van der Waals surface area contributed by atoms with E-state index in [9.17, 15) is 19.2 Å². The summed E-state index contributed by atoms with van der Waals surface area (Å²) in [5.74, 6) is -2.65. The number of benzene rings is 2. The second-order valence-electron chi connectivity index (χ2n) is 7.41. The van der Waals surface area contributed by atoms with Crippen LogP contribution in [0, 0.1) is 5.92 Å². The van der Waals surface area contributed by atoms with Crippen LogP contribution in [-0.2, 0) is 20.7 Å². The molecule has 2 aromatic carbocycles. The molecule has 3 rings (SSSR count). The van der Waals surface area contributed by atoms with E-state index in [2.05, 4.69) is 5.32 Å². The Morgan fingerprint density at radius 1 is 0.933 bits per heavy atom. The standard InChI is InChI=1S/C23H24N2O5/c1-15(2)20(25-21(27)17-10-6-7-11-18(17)22(25)28)23(29)30-14-19(26)24-13-12-16-8-4-3-5-9-16/h3-11,15,20H,12-14H2,1-2H3,(H,24,26)/t20-/m1/s1. The molecule has 2 aromatic rings. The van der Waals surface area contributed by atoms with Crippen LogP contribution in [0.2, 0.25) is 0 Å². The van der Waals surface area contributed by atoms with Crippen LogP contribution in [-0.4, -0.2) is 47.8 Å². The predicted molar refractivity (Wildman–Crippen MR) is 110 cm³/mol. The highest BCUT2D eigenvalue weighted by molar-refractivity contribution is 6.22. The Hall–Kier alpha value is -3.48. The van der Waals surface area contributed by atoms with Crippen molar-refractivity contribution in [1.82, 2.24) is 10.2 Å². The van der Waals surface area contributed by atoms with Gasteiger partial charge in [-0.1, -0.05) is 56.3 Å². The Morgan fingerprint density at radius 3 is 2.07 bits per heavy atom. The monoisotopic (exact) mass is 408 g/mol. The number of amides is 3. The van der Waals surface area contributed by atoms with Crippen LogP contribution in [0.5, 0.6) is 0 Å². The van der Waals surface area contributed by atoms with Crippen LogP contribution >= 0.6 is 0 Å². The summed E-state index contributed by atoms with van der Waals surface area (Å²) in [6.07, 6.45) is 0.657.